The molecule has 0 fully saturated rings. The van der Waals surface area contributed by atoms with E-state index in [1.807, 2.05) is 19.1 Å². The second-order valence-corrected chi connectivity index (χ2v) is 5.08. The van der Waals surface area contributed by atoms with Crippen molar-refractivity contribution in [3.63, 3.8) is 0 Å². The molecule has 0 bridgehead atoms. The highest BCUT2D eigenvalue weighted by atomic mass is 79.9. The maximum absolute atomic E-state index is 6.00. The summed E-state index contributed by atoms with van der Waals surface area (Å²) in [5.74, 6) is 0.583. The van der Waals surface area contributed by atoms with Crippen molar-refractivity contribution in [1.82, 2.24) is 20.2 Å². The first-order chi connectivity index (χ1) is 7.59. The van der Waals surface area contributed by atoms with E-state index < -0.39 is 0 Å². The standard InChI is InChI=1S/C9H7BrCl2N4/c1-5(11)9-13-14-15-16(9)6-2-3-7(10)8(12)4-6/h2-5H,1H3. The van der Waals surface area contributed by atoms with Crippen LogP contribution in [0.5, 0.6) is 0 Å². The summed E-state index contributed by atoms with van der Waals surface area (Å²) in [7, 11) is 0. The van der Waals surface area contributed by atoms with E-state index in [9.17, 15) is 0 Å². The van der Waals surface area contributed by atoms with Gasteiger partial charge in [0.15, 0.2) is 5.82 Å². The van der Waals surface area contributed by atoms with Crippen LogP contribution in [0.2, 0.25) is 5.02 Å². The van der Waals surface area contributed by atoms with Gasteiger partial charge in [0.05, 0.1) is 16.1 Å². The average Bonchev–Trinajstić information content (AvgIpc) is 2.71. The first-order valence-electron chi connectivity index (χ1n) is 4.47. The molecule has 0 aliphatic heterocycles. The summed E-state index contributed by atoms with van der Waals surface area (Å²) >= 11 is 15.3. The fourth-order valence-electron chi connectivity index (χ4n) is 1.24. The number of alkyl halides is 1. The van der Waals surface area contributed by atoms with Gasteiger partial charge in [-0.3, -0.25) is 0 Å². The van der Waals surface area contributed by atoms with Crippen molar-refractivity contribution in [2.75, 3.05) is 0 Å². The van der Waals surface area contributed by atoms with Gasteiger partial charge in [-0.25, -0.2) is 0 Å². The molecule has 2 aromatic rings. The van der Waals surface area contributed by atoms with Crippen LogP contribution in [-0.4, -0.2) is 20.2 Å². The van der Waals surface area contributed by atoms with Gasteiger partial charge in [-0.05, 0) is 51.5 Å². The number of rotatable bonds is 2. The Kier molecular flexibility index (Phi) is 3.47. The van der Waals surface area contributed by atoms with E-state index in [0.29, 0.717) is 10.8 Å². The zero-order chi connectivity index (χ0) is 11.7. The van der Waals surface area contributed by atoms with E-state index >= 15 is 0 Å². The highest BCUT2D eigenvalue weighted by Crippen LogP contribution is 2.26. The van der Waals surface area contributed by atoms with Crippen LogP contribution in [0, 0.1) is 0 Å². The molecule has 16 heavy (non-hydrogen) atoms. The lowest BCUT2D eigenvalue weighted by Gasteiger charge is -2.06. The lowest BCUT2D eigenvalue weighted by molar-refractivity contribution is 0.760. The molecule has 1 unspecified atom stereocenters. The molecule has 0 saturated heterocycles. The van der Waals surface area contributed by atoms with Crippen LogP contribution < -0.4 is 0 Å². The number of hydrogen-bond donors (Lipinski definition) is 0. The predicted octanol–water partition coefficient (Wildman–Crippen LogP) is 3.38. The molecular weight excluding hydrogens is 315 g/mol. The molecule has 1 aromatic carbocycles. The highest BCUT2D eigenvalue weighted by molar-refractivity contribution is 9.10. The molecule has 0 radical (unpaired) electrons. The minimum Gasteiger partial charge on any atom is -0.196 e. The van der Waals surface area contributed by atoms with Crippen molar-refractivity contribution in [3.05, 3.63) is 33.5 Å². The summed E-state index contributed by atoms with van der Waals surface area (Å²) < 4.78 is 2.39. The van der Waals surface area contributed by atoms with Crippen LogP contribution in [0.15, 0.2) is 22.7 Å². The molecule has 1 aromatic heterocycles. The van der Waals surface area contributed by atoms with Gasteiger partial charge in [-0.2, -0.15) is 4.68 Å². The number of aromatic nitrogens is 4. The molecule has 0 spiro atoms. The SMILES string of the molecule is CC(Cl)c1nnnn1-c1ccc(Br)c(Cl)c1. The zero-order valence-corrected chi connectivity index (χ0v) is 11.3. The summed E-state index contributed by atoms with van der Waals surface area (Å²) in [6.07, 6.45) is 0. The number of nitrogens with zero attached hydrogens (tertiary/aromatic N) is 4. The Bertz CT molecular complexity index is 512. The molecule has 0 aliphatic carbocycles. The van der Waals surface area contributed by atoms with Gasteiger partial charge >= 0.3 is 0 Å². The zero-order valence-electron chi connectivity index (χ0n) is 8.23. The van der Waals surface area contributed by atoms with Crippen molar-refractivity contribution in [3.8, 4) is 5.69 Å². The first-order valence-corrected chi connectivity index (χ1v) is 6.08. The third-order valence-electron chi connectivity index (χ3n) is 2.00. The van der Waals surface area contributed by atoms with Crippen LogP contribution in [0.4, 0.5) is 0 Å². The van der Waals surface area contributed by atoms with Gasteiger partial charge in [0, 0.05) is 4.47 Å². The van der Waals surface area contributed by atoms with Crippen LogP contribution in [0.25, 0.3) is 5.69 Å². The Morgan fingerprint density at radius 1 is 1.44 bits per heavy atom. The van der Waals surface area contributed by atoms with Gasteiger partial charge in [0.2, 0.25) is 0 Å². The van der Waals surface area contributed by atoms with E-state index in [0.717, 1.165) is 10.2 Å². The van der Waals surface area contributed by atoms with Crippen LogP contribution >= 0.6 is 39.1 Å². The Balaban J connectivity index is 2.50. The predicted molar refractivity (Wildman–Crippen MR) is 66.1 cm³/mol. The van der Waals surface area contributed by atoms with Gasteiger partial charge in [-0.15, -0.1) is 16.7 Å². The molecular formula is C9H7BrCl2N4. The van der Waals surface area contributed by atoms with E-state index in [4.69, 9.17) is 23.2 Å². The van der Waals surface area contributed by atoms with Gasteiger partial charge in [0.25, 0.3) is 0 Å². The number of halogens is 3. The highest BCUT2D eigenvalue weighted by Gasteiger charge is 2.13. The number of hydrogen-bond acceptors (Lipinski definition) is 3. The fourth-order valence-corrected chi connectivity index (χ4v) is 1.80. The molecule has 7 heteroatoms. The van der Waals surface area contributed by atoms with Gasteiger partial charge in [-0.1, -0.05) is 11.6 Å². The average molecular weight is 322 g/mol. The summed E-state index contributed by atoms with van der Waals surface area (Å²) in [5, 5.41) is 11.7. The van der Waals surface area contributed by atoms with Crippen molar-refractivity contribution < 1.29 is 0 Å². The third-order valence-corrected chi connectivity index (χ3v) is 3.42. The molecule has 84 valence electrons. The van der Waals surface area contributed by atoms with E-state index in [-0.39, 0.29) is 5.38 Å². The lowest BCUT2D eigenvalue weighted by atomic mass is 10.3. The summed E-state index contributed by atoms with van der Waals surface area (Å²) in [6, 6.07) is 5.46. The first kappa shape index (κ1) is 11.8. The van der Waals surface area contributed by atoms with E-state index in [2.05, 4.69) is 31.5 Å². The summed E-state index contributed by atoms with van der Waals surface area (Å²) in [5.41, 5.74) is 0.778. The second-order valence-electron chi connectivity index (χ2n) is 3.16. The lowest BCUT2D eigenvalue weighted by Crippen LogP contribution is -2.03. The monoisotopic (exact) mass is 320 g/mol. The molecule has 0 saturated carbocycles. The van der Waals surface area contributed by atoms with Crippen LogP contribution in [0.3, 0.4) is 0 Å². The molecule has 2 rings (SSSR count). The molecule has 1 atom stereocenters. The summed E-state index contributed by atoms with van der Waals surface area (Å²) in [4.78, 5) is 0. The normalized spacial score (nSPS) is 12.8. The second kappa shape index (κ2) is 4.69. The molecule has 1 heterocycles. The largest absolute Gasteiger partial charge is 0.196 e. The number of benzene rings is 1. The topological polar surface area (TPSA) is 43.6 Å². The smallest absolute Gasteiger partial charge is 0.174 e. The Morgan fingerprint density at radius 3 is 2.81 bits per heavy atom. The Morgan fingerprint density at radius 2 is 2.19 bits per heavy atom. The van der Waals surface area contributed by atoms with Gasteiger partial charge < -0.3 is 0 Å². The van der Waals surface area contributed by atoms with Crippen molar-refractivity contribution in [1.29, 1.82) is 0 Å². The van der Waals surface area contributed by atoms with Crippen LogP contribution in [-0.2, 0) is 0 Å². The van der Waals surface area contributed by atoms with Crippen molar-refractivity contribution >= 4 is 39.1 Å². The summed E-state index contributed by atoms with van der Waals surface area (Å²) in [6.45, 7) is 1.81. The molecule has 0 amide bonds. The van der Waals surface area contributed by atoms with E-state index in [1.54, 1.807) is 10.7 Å². The number of tetrazole rings is 1. The van der Waals surface area contributed by atoms with Gasteiger partial charge in [0.1, 0.15) is 0 Å². The minimum atomic E-state index is -0.266. The molecule has 4 nitrogen and oxygen atoms in total. The Hall–Kier alpha value is -0.650. The molecule has 0 N–H and O–H groups in total. The third kappa shape index (κ3) is 2.21. The quantitative estimate of drug-likeness (QED) is 0.796. The maximum atomic E-state index is 6.00. The van der Waals surface area contributed by atoms with Crippen molar-refractivity contribution in [2.24, 2.45) is 0 Å². The van der Waals surface area contributed by atoms with Crippen LogP contribution in [0.1, 0.15) is 18.1 Å². The minimum absolute atomic E-state index is 0.266. The van der Waals surface area contributed by atoms with Crippen molar-refractivity contribution in [2.45, 2.75) is 12.3 Å². The maximum Gasteiger partial charge on any atom is 0.174 e. The fraction of sp³-hybridized carbons (Fsp3) is 0.222. The Labute approximate surface area is 111 Å². The van der Waals surface area contributed by atoms with E-state index in [1.165, 1.54) is 0 Å². The molecule has 0 aliphatic rings.